The number of nitrogens with one attached hydrogen (secondary N) is 2. The molecule has 2 heterocycles. The lowest BCUT2D eigenvalue weighted by Crippen LogP contribution is -2.49. The summed E-state index contributed by atoms with van der Waals surface area (Å²) in [5.74, 6) is -0.154. The van der Waals surface area contributed by atoms with E-state index in [1.165, 1.54) is 0 Å². The Morgan fingerprint density at radius 1 is 1.13 bits per heavy atom. The predicted octanol–water partition coefficient (Wildman–Crippen LogP) is 4.77. The third-order valence-corrected chi connectivity index (χ3v) is 5.91. The fourth-order valence-corrected chi connectivity index (χ4v) is 3.88. The molecular formula is C28H37N5O5. The van der Waals surface area contributed by atoms with Gasteiger partial charge in [0, 0.05) is 31.7 Å². The zero-order valence-electron chi connectivity index (χ0n) is 23.3. The molecule has 0 unspecified atom stereocenters. The number of aromatic nitrogens is 2. The summed E-state index contributed by atoms with van der Waals surface area (Å²) in [4.78, 5) is 48.8. The van der Waals surface area contributed by atoms with Gasteiger partial charge in [-0.15, -0.1) is 0 Å². The molecule has 10 nitrogen and oxygen atoms in total. The molecule has 0 saturated carbocycles. The third-order valence-electron chi connectivity index (χ3n) is 5.91. The van der Waals surface area contributed by atoms with Crippen molar-refractivity contribution in [2.75, 3.05) is 24.2 Å². The van der Waals surface area contributed by atoms with Gasteiger partial charge in [0.05, 0.1) is 10.9 Å². The van der Waals surface area contributed by atoms with Crippen LogP contribution in [0, 0.1) is 12.3 Å². The van der Waals surface area contributed by atoms with Crippen molar-refractivity contribution in [1.82, 2.24) is 14.9 Å². The van der Waals surface area contributed by atoms with Gasteiger partial charge in [-0.1, -0.05) is 26.8 Å². The number of ether oxygens (including phenoxy) is 1. The molecule has 1 atom stereocenters. The highest BCUT2D eigenvalue weighted by Gasteiger charge is 2.34. The number of rotatable bonds is 7. The van der Waals surface area contributed by atoms with E-state index >= 15 is 0 Å². The standard InChI is InChI=1S/C28H37N5O5/c1-17-19(31-26(36)38-28(5,6)7)11-12-20-21(17)24(35)37-25(30-20)32-22(27(2,3)4)23(34)33(8)15-13-18-10-9-14-29-16-18/h9-12,14,16,22H,13,15H2,1-8H3,(H,30,32)(H,31,36)/t22-/m1/s1. The maximum atomic E-state index is 13.4. The second-order valence-electron chi connectivity index (χ2n) is 11.4. The summed E-state index contributed by atoms with van der Waals surface area (Å²) >= 11 is 0. The van der Waals surface area contributed by atoms with E-state index in [9.17, 15) is 14.4 Å². The number of benzene rings is 1. The van der Waals surface area contributed by atoms with E-state index in [0.29, 0.717) is 29.7 Å². The third kappa shape index (κ3) is 7.30. The Hall–Kier alpha value is -3.95. The Morgan fingerprint density at radius 2 is 1.84 bits per heavy atom. The van der Waals surface area contributed by atoms with Gasteiger partial charge < -0.3 is 19.4 Å². The Balaban J connectivity index is 1.83. The second-order valence-corrected chi connectivity index (χ2v) is 11.4. The van der Waals surface area contributed by atoms with Gasteiger partial charge in [0.1, 0.15) is 11.6 Å². The highest BCUT2D eigenvalue weighted by Crippen LogP contribution is 2.27. The average Bonchev–Trinajstić information content (AvgIpc) is 2.81. The van der Waals surface area contributed by atoms with Crippen LogP contribution >= 0.6 is 0 Å². The molecule has 0 fully saturated rings. The summed E-state index contributed by atoms with van der Waals surface area (Å²) in [6.07, 6.45) is 3.52. The monoisotopic (exact) mass is 523 g/mol. The van der Waals surface area contributed by atoms with Gasteiger partial charge in [0.15, 0.2) is 0 Å². The summed E-state index contributed by atoms with van der Waals surface area (Å²) in [6, 6.07) is 6.34. The molecule has 0 radical (unpaired) electrons. The first-order valence-electron chi connectivity index (χ1n) is 12.5. The molecule has 0 aliphatic heterocycles. The van der Waals surface area contributed by atoms with Crippen molar-refractivity contribution >= 4 is 34.6 Å². The van der Waals surface area contributed by atoms with Crippen LogP contribution in [0.1, 0.15) is 52.7 Å². The lowest BCUT2D eigenvalue weighted by molar-refractivity contribution is -0.132. The number of likely N-dealkylation sites (N-methyl/N-ethyl adjacent to an activating group) is 1. The quantitative estimate of drug-likeness (QED) is 0.454. The van der Waals surface area contributed by atoms with E-state index in [0.717, 1.165) is 5.56 Å². The first kappa shape index (κ1) is 28.6. The Morgan fingerprint density at radius 3 is 2.45 bits per heavy atom. The van der Waals surface area contributed by atoms with E-state index in [2.05, 4.69) is 20.6 Å². The molecule has 2 N–H and O–H groups in total. The fraction of sp³-hybridized carbons (Fsp3) is 0.464. The number of carbonyl (C=O) groups is 2. The molecule has 3 rings (SSSR count). The number of amides is 2. The van der Waals surface area contributed by atoms with E-state index in [1.807, 2.05) is 32.9 Å². The number of nitrogens with zero attached hydrogens (tertiary/aromatic N) is 3. The van der Waals surface area contributed by atoms with Crippen LogP contribution in [0.5, 0.6) is 0 Å². The van der Waals surface area contributed by atoms with Gasteiger partial charge in [-0.3, -0.25) is 15.1 Å². The molecule has 1 aromatic carbocycles. The van der Waals surface area contributed by atoms with Crippen molar-refractivity contribution in [3.8, 4) is 0 Å². The van der Waals surface area contributed by atoms with Crippen molar-refractivity contribution in [2.24, 2.45) is 5.41 Å². The molecule has 204 valence electrons. The molecule has 0 aliphatic rings. The number of anilines is 2. The van der Waals surface area contributed by atoms with Crippen LogP contribution in [-0.2, 0) is 16.0 Å². The van der Waals surface area contributed by atoms with Crippen LogP contribution in [-0.4, -0.2) is 52.1 Å². The predicted molar refractivity (Wildman–Crippen MR) is 147 cm³/mol. The lowest BCUT2D eigenvalue weighted by Gasteiger charge is -2.33. The van der Waals surface area contributed by atoms with Crippen molar-refractivity contribution < 1.29 is 18.7 Å². The maximum absolute atomic E-state index is 13.4. The van der Waals surface area contributed by atoms with Gasteiger partial charge in [0.2, 0.25) is 5.91 Å². The number of hydrogen-bond donors (Lipinski definition) is 2. The Labute approximate surface area is 222 Å². The van der Waals surface area contributed by atoms with Crippen molar-refractivity contribution in [3.63, 3.8) is 0 Å². The van der Waals surface area contributed by atoms with E-state index in [1.54, 1.807) is 64.2 Å². The lowest BCUT2D eigenvalue weighted by atomic mass is 9.86. The van der Waals surface area contributed by atoms with Gasteiger partial charge in [-0.2, -0.15) is 4.98 Å². The van der Waals surface area contributed by atoms with E-state index < -0.39 is 28.8 Å². The van der Waals surface area contributed by atoms with Gasteiger partial charge in [-0.05, 0) is 68.9 Å². The molecule has 0 saturated heterocycles. The smallest absolute Gasteiger partial charge is 0.412 e. The summed E-state index contributed by atoms with van der Waals surface area (Å²) < 4.78 is 10.8. The number of hydrogen-bond acceptors (Lipinski definition) is 8. The summed E-state index contributed by atoms with van der Waals surface area (Å²) in [5, 5.41) is 5.95. The molecule has 38 heavy (non-hydrogen) atoms. The largest absolute Gasteiger partial charge is 0.444 e. The van der Waals surface area contributed by atoms with E-state index in [-0.39, 0.29) is 17.3 Å². The zero-order chi connectivity index (χ0) is 28.3. The SMILES string of the molecule is Cc1c(NC(=O)OC(C)(C)C)ccc2nc(N[C@H](C(=O)N(C)CCc3cccnc3)C(C)(C)C)oc(=O)c12. The first-order valence-corrected chi connectivity index (χ1v) is 12.5. The molecule has 0 aliphatic carbocycles. The Bertz CT molecular complexity index is 1360. The minimum absolute atomic E-state index is 0.0521. The molecule has 0 bridgehead atoms. The van der Waals surface area contributed by atoms with E-state index in [4.69, 9.17) is 9.15 Å². The molecule has 2 aromatic heterocycles. The highest BCUT2D eigenvalue weighted by atomic mass is 16.6. The van der Waals surface area contributed by atoms with Crippen LogP contribution < -0.4 is 16.3 Å². The molecule has 0 spiro atoms. The Kier molecular flexibility index (Phi) is 8.44. The molecule has 3 aromatic rings. The fourth-order valence-electron chi connectivity index (χ4n) is 3.88. The van der Waals surface area contributed by atoms with Crippen LogP contribution in [0.2, 0.25) is 0 Å². The van der Waals surface area contributed by atoms with Crippen LogP contribution in [0.4, 0.5) is 16.5 Å². The topological polar surface area (TPSA) is 127 Å². The highest BCUT2D eigenvalue weighted by molar-refractivity contribution is 5.93. The number of aryl methyl sites for hydroxylation is 1. The van der Waals surface area contributed by atoms with Gasteiger partial charge >= 0.3 is 11.7 Å². The van der Waals surface area contributed by atoms with Gasteiger partial charge in [0.25, 0.3) is 6.01 Å². The molecular weight excluding hydrogens is 486 g/mol. The number of carbonyl (C=O) groups excluding carboxylic acids is 2. The van der Waals surface area contributed by atoms with Gasteiger partial charge in [-0.25, -0.2) is 9.59 Å². The minimum atomic E-state index is -0.705. The van der Waals surface area contributed by atoms with Crippen molar-refractivity contribution in [3.05, 3.63) is 58.2 Å². The van der Waals surface area contributed by atoms with Crippen LogP contribution in [0.15, 0.2) is 45.9 Å². The van der Waals surface area contributed by atoms with Crippen molar-refractivity contribution in [2.45, 2.75) is 66.5 Å². The first-order chi connectivity index (χ1) is 17.7. The second kappa shape index (κ2) is 11.2. The minimum Gasteiger partial charge on any atom is -0.444 e. The number of fused-ring (bicyclic) bond motifs is 1. The normalized spacial score (nSPS) is 12.6. The molecule has 10 heteroatoms. The van der Waals surface area contributed by atoms with Crippen LogP contribution in [0.3, 0.4) is 0 Å². The summed E-state index contributed by atoms with van der Waals surface area (Å²) in [5.41, 5.74) is 0.522. The molecule has 2 amide bonds. The van der Waals surface area contributed by atoms with Crippen molar-refractivity contribution in [1.29, 1.82) is 0 Å². The zero-order valence-corrected chi connectivity index (χ0v) is 23.3. The number of pyridine rings is 1. The summed E-state index contributed by atoms with van der Waals surface area (Å²) in [7, 11) is 1.74. The van der Waals surface area contributed by atoms with Crippen LogP contribution in [0.25, 0.3) is 10.9 Å². The summed E-state index contributed by atoms with van der Waals surface area (Å²) in [6.45, 7) is 13.3. The average molecular weight is 524 g/mol. The maximum Gasteiger partial charge on any atom is 0.412 e.